The van der Waals surface area contributed by atoms with Gasteiger partial charge in [-0.2, -0.15) is 0 Å². The summed E-state index contributed by atoms with van der Waals surface area (Å²) >= 11 is 0. The molecule has 3 atom stereocenters. The van der Waals surface area contributed by atoms with Crippen molar-refractivity contribution >= 4 is 5.97 Å². The molecule has 1 heterocycles. The zero-order chi connectivity index (χ0) is 25.5. The van der Waals surface area contributed by atoms with E-state index in [1.54, 1.807) is 0 Å². The van der Waals surface area contributed by atoms with Gasteiger partial charge in [-0.15, -0.1) is 0 Å². The van der Waals surface area contributed by atoms with E-state index in [-0.39, 0.29) is 11.6 Å². The number of rotatable bonds is 13. The number of carbonyl (C=O) groups excluding carboxylic acids is 1. The summed E-state index contributed by atoms with van der Waals surface area (Å²) in [6.07, 6.45) is 13.9. The van der Waals surface area contributed by atoms with Crippen molar-refractivity contribution in [3.8, 4) is 11.5 Å². The van der Waals surface area contributed by atoms with E-state index >= 15 is 0 Å². The van der Waals surface area contributed by atoms with Gasteiger partial charge in [-0.05, 0) is 87.8 Å². The fourth-order valence-electron chi connectivity index (χ4n) is 5.56. The summed E-state index contributed by atoms with van der Waals surface area (Å²) in [5, 5.41) is 0. The van der Waals surface area contributed by atoms with Gasteiger partial charge < -0.3 is 9.47 Å². The highest BCUT2D eigenvalue weighted by molar-refractivity contribution is 5.72. The van der Waals surface area contributed by atoms with Gasteiger partial charge in [0.25, 0.3) is 0 Å². The van der Waals surface area contributed by atoms with Crippen LogP contribution in [0.1, 0.15) is 128 Å². The third kappa shape index (κ3) is 8.31. The molecule has 1 aromatic carbocycles. The van der Waals surface area contributed by atoms with Gasteiger partial charge in [-0.25, -0.2) is 0 Å². The maximum absolute atomic E-state index is 11.6. The minimum Gasteiger partial charge on any atom is -0.487 e. The van der Waals surface area contributed by atoms with Crippen molar-refractivity contribution in [2.45, 2.75) is 139 Å². The van der Waals surface area contributed by atoms with Crippen molar-refractivity contribution < 1.29 is 14.3 Å². The highest BCUT2D eigenvalue weighted by Crippen LogP contribution is 2.45. The van der Waals surface area contributed by atoms with Crippen molar-refractivity contribution in [2.75, 3.05) is 0 Å². The zero-order valence-corrected chi connectivity index (χ0v) is 23.7. The molecule has 3 heteroatoms. The number of hydrogen-bond acceptors (Lipinski definition) is 3. The molecule has 194 valence electrons. The highest BCUT2D eigenvalue weighted by atomic mass is 16.5. The highest BCUT2D eigenvalue weighted by Gasteiger charge is 2.34. The average molecular weight is 473 g/mol. The molecule has 0 spiro atoms. The van der Waals surface area contributed by atoms with Crippen LogP contribution in [-0.2, 0) is 11.2 Å². The molecular weight excluding hydrogens is 420 g/mol. The third-order valence-corrected chi connectivity index (χ3v) is 8.08. The van der Waals surface area contributed by atoms with Gasteiger partial charge in [0.2, 0.25) is 0 Å². The van der Waals surface area contributed by atoms with Gasteiger partial charge in [0, 0.05) is 12.5 Å². The first-order chi connectivity index (χ1) is 15.9. The van der Waals surface area contributed by atoms with Crippen molar-refractivity contribution in [1.82, 2.24) is 0 Å². The molecule has 1 aliphatic heterocycles. The van der Waals surface area contributed by atoms with E-state index in [1.165, 1.54) is 63.9 Å². The molecule has 0 radical (unpaired) electrons. The summed E-state index contributed by atoms with van der Waals surface area (Å²) in [5.74, 6) is 3.99. The van der Waals surface area contributed by atoms with Crippen LogP contribution in [0.15, 0.2) is 0 Å². The van der Waals surface area contributed by atoms with E-state index in [2.05, 4.69) is 48.5 Å². The Morgan fingerprint density at radius 2 is 1.44 bits per heavy atom. The predicted octanol–water partition coefficient (Wildman–Crippen LogP) is 9.06. The Morgan fingerprint density at radius 1 is 0.882 bits per heavy atom. The van der Waals surface area contributed by atoms with E-state index < -0.39 is 0 Å². The van der Waals surface area contributed by atoms with Crippen LogP contribution in [-0.4, -0.2) is 11.6 Å². The summed E-state index contributed by atoms with van der Waals surface area (Å²) in [7, 11) is 0. The molecule has 0 bridgehead atoms. The van der Waals surface area contributed by atoms with Crippen LogP contribution < -0.4 is 9.47 Å². The molecule has 0 N–H and O–H groups in total. The second-order valence-electron chi connectivity index (χ2n) is 12.0. The Balaban J connectivity index is 1.82. The number of carbonyl (C=O) groups is 1. The van der Waals surface area contributed by atoms with Crippen molar-refractivity contribution in [3.63, 3.8) is 0 Å². The third-order valence-electron chi connectivity index (χ3n) is 8.08. The summed E-state index contributed by atoms with van der Waals surface area (Å²) in [6, 6.07) is 0. The van der Waals surface area contributed by atoms with Crippen LogP contribution in [0, 0.1) is 38.5 Å². The second kappa shape index (κ2) is 13.0. The van der Waals surface area contributed by atoms with Gasteiger partial charge >= 0.3 is 5.97 Å². The zero-order valence-electron chi connectivity index (χ0n) is 23.7. The van der Waals surface area contributed by atoms with E-state index in [1.807, 2.05) is 6.92 Å². The fourth-order valence-corrected chi connectivity index (χ4v) is 5.56. The van der Waals surface area contributed by atoms with E-state index in [4.69, 9.17) is 9.47 Å². The number of hydrogen-bond donors (Lipinski definition) is 0. The Labute approximate surface area is 210 Å². The molecule has 0 saturated heterocycles. The van der Waals surface area contributed by atoms with Crippen LogP contribution in [0.25, 0.3) is 0 Å². The van der Waals surface area contributed by atoms with Crippen LogP contribution in [0.3, 0.4) is 0 Å². The van der Waals surface area contributed by atoms with Crippen LogP contribution in [0.4, 0.5) is 0 Å². The maximum atomic E-state index is 11.6. The molecule has 1 aromatic rings. The Kier molecular flexibility index (Phi) is 11.0. The molecule has 0 fully saturated rings. The first-order valence-electron chi connectivity index (χ1n) is 13.9. The van der Waals surface area contributed by atoms with E-state index in [0.29, 0.717) is 0 Å². The average Bonchev–Trinajstić information content (AvgIpc) is 2.74. The van der Waals surface area contributed by atoms with Gasteiger partial charge in [-0.1, -0.05) is 72.6 Å². The standard InChI is InChI=1S/C31H52O3/c1-21(2)13-10-14-22(3)15-11-16-23(4)17-12-19-31(9)20-18-28-26(7)29(33-27(8)32)24(5)25(6)30(28)34-31/h21-23H,10-20H2,1-9H3/t22-,23+,31-/m0/s1. The summed E-state index contributed by atoms with van der Waals surface area (Å²) in [4.78, 5) is 11.6. The monoisotopic (exact) mass is 472 g/mol. The molecule has 0 amide bonds. The van der Waals surface area contributed by atoms with Gasteiger partial charge in [0.05, 0.1) is 0 Å². The summed E-state index contributed by atoms with van der Waals surface area (Å²) in [5.41, 5.74) is 4.29. The molecule has 1 aliphatic rings. The van der Waals surface area contributed by atoms with Gasteiger partial charge in [-0.3, -0.25) is 4.79 Å². The normalized spacial score (nSPS) is 19.5. The van der Waals surface area contributed by atoms with Crippen LogP contribution in [0.2, 0.25) is 0 Å². The first-order valence-corrected chi connectivity index (χ1v) is 13.9. The number of fused-ring (bicyclic) bond motifs is 1. The largest absolute Gasteiger partial charge is 0.487 e. The molecule has 2 rings (SSSR count). The Bertz CT molecular complexity index is 810. The number of ether oxygens (including phenoxy) is 2. The molecular formula is C31H52O3. The first kappa shape index (κ1) is 28.7. The lowest BCUT2D eigenvalue weighted by atomic mass is 9.83. The predicted molar refractivity (Wildman–Crippen MR) is 144 cm³/mol. The molecule has 0 aliphatic carbocycles. The summed E-state index contributed by atoms with van der Waals surface area (Å²) < 4.78 is 12.2. The summed E-state index contributed by atoms with van der Waals surface area (Å²) in [6.45, 7) is 19.5. The molecule has 0 aromatic heterocycles. The van der Waals surface area contributed by atoms with E-state index in [9.17, 15) is 4.79 Å². The molecule has 0 unspecified atom stereocenters. The number of esters is 1. The van der Waals surface area contributed by atoms with Crippen LogP contribution in [0.5, 0.6) is 11.5 Å². The van der Waals surface area contributed by atoms with Crippen molar-refractivity contribution in [3.05, 3.63) is 22.3 Å². The smallest absolute Gasteiger partial charge is 0.308 e. The lowest BCUT2D eigenvalue weighted by Gasteiger charge is -2.38. The Hall–Kier alpha value is -1.51. The topological polar surface area (TPSA) is 35.5 Å². The minimum atomic E-state index is -0.262. The van der Waals surface area contributed by atoms with Gasteiger partial charge in [0.15, 0.2) is 0 Å². The lowest BCUT2D eigenvalue weighted by Crippen LogP contribution is -2.37. The molecule has 34 heavy (non-hydrogen) atoms. The van der Waals surface area contributed by atoms with Gasteiger partial charge in [0.1, 0.15) is 17.1 Å². The van der Waals surface area contributed by atoms with Crippen LogP contribution >= 0.6 is 0 Å². The van der Waals surface area contributed by atoms with E-state index in [0.717, 1.165) is 65.2 Å². The SMILES string of the molecule is CC(=O)Oc1c(C)c(C)c2c(c1C)CC[C@](C)(CCC[C@H](C)CCC[C@@H](C)CCCC(C)C)O2. The Morgan fingerprint density at radius 3 is 2.00 bits per heavy atom. The molecule has 3 nitrogen and oxygen atoms in total. The van der Waals surface area contributed by atoms with Crippen molar-refractivity contribution in [1.29, 1.82) is 0 Å². The quantitative estimate of drug-likeness (QED) is 0.212. The maximum Gasteiger partial charge on any atom is 0.308 e. The second-order valence-corrected chi connectivity index (χ2v) is 12.0. The van der Waals surface area contributed by atoms with Crippen molar-refractivity contribution in [2.24, 2.45) is 17.8 Å². The minimum absolute atomic E-state index is 0.107. The molecule has 0 saturated carbocycles. The fraction of sp³-hybridized carbons (Fsp3) is 0.774. The lowest BCUT2D eigenvalue weighted by molar-refractivity contribution is -0.132. The number of benzene rings is 1.